The molecule has 0 aliphatic heterocycles. The van der Waals surface area contributed by atoms with Crippen LogP contribution >= 0.6 is 11.3 Å². The van der Waals surface area contributed by atoms with Crippen molar-refractivity contribution in [1.29, 1.82) is 0 Å². The molecule has 0 spiro atoms. The second-order valence-corrected chi connectivity index (χ2v) is 5.06. The molecular formula is C12H15N3O4S. The van der Waals surface area contributed by atoms with Gasteiger partial charge in [-0.3, -0.25) is 14.0 Å². The number of carbonyl (C=O) groups is 1. The van der Waals surface area contributed by atoms with E-state index in [0.29, 0.717) is 11.4 Å². The average Bonchev–Trinajstić information content (AvgIpc) is 2.88. The van der Waals surface area contributed by atoms with Crippen LogP contribution in [-0.4, -0.2) is 46.8 Å². The zero-order valence-electron chi connectivity index (χ0n) is 10.9. The largest absolute Gasteiger partial charge is 0.391 e. The Labute approximate surface area is 118 Å². The quantitative estimate of drug-likeness (QED) is 0.775. The number of nitrogens with one attached hydrogen (secondary N) is 1. The van der Waals surface area contributed by atoms with Gasteiger partial charge < -0.3 is 15.2 Å². The Bertz CT molecular complexity index is 651. The molecule has 0 fully saturated rings. The number of aliphatic hydroxyl groups excluding tert-OH is 1. The molecule has 2 N–H and O–H groups in total. The van der Waals surface area contributed by atoms with Crippen molar-refractivity contribution >= 4 is 22.2 Å². The SMILES string of the molecule is COCC(O)CCNC(=O)c1cnc2sccn2c1=O. The zero-order chi connectivity index (χ0) is 14.5. The first-order valence-corrected chi connectivity index (χ1v) is 6.91. The molecule has 2 heterocycles. The molecule has 108 valence electrons. The number of amides is 1. The number of aromatic nitrogens is 2. The molecular weight excluding hydrogens is 282 g/mol. The molecule has 0 aromatic carbocycles. The van der Waals surface area contributed by atoms with Crippen LogP contribution in [0.3, 0.4) is 0 Å². The summed E-state index contributed by atoms with van der Waals surface area (Å²) in [5.41, 5.74) is -0.409. The Hall–Kier alpha value is -1.77. The van der Waals surface area contributed by atoms with Crippen molar-refractivity contribution in [2.24, 2.45) is 0 Å². The average molecular weight is 297 g/mol. The molecule has 0 saturated heterocycles. The van der Waals surface area contributed by atoms with Gasteiger partial charge in [-0.2, -0.15) is 0 Å². The maximum absolute atomic E-state index is 12.0. The van der Waals surface area contributed by atoms with Gasteiger partial charge in [0.2, 0.25) is 0 Å². The molecule has 1 atom stereocenters. The van der Waals surface area contributed by atoms with Gasteiger partial charge >= 0.3 is 0 Å². The van der Waals surface area contributed by atoms with Gasteiger partial charge in [-0.25, -0.2) is 4.98 Å². The summed E-state index contributed by atoms with van der Waals surface area (Å²) in [7, 11) is 1.49. The van der Waals surface area contributed by atoms with Crippen LogP contribution in [0, 0.1) is 0 Å². The third-order valence-electron chi connectivity index (χ3n) is 2.71. The molecule has 2 rings (SSSR count). The first kappa shape index (κ1) is 14.6. The molecule has 0 saturated carbocycles. The zero-order valence-corrected chi connectivity index (χ0v) is 11.7. The van der Waals surface area contributed by atoms with Gasteiger partial charge in [-0.1, -0.05) is 0 Å². The lowest BCUT2D eigenvalue weighted by molar-refractivity contribution is 0.0587. The van der Waals surface area contributed by atoms with Crippen molar-refractivity contribution in [1.82, 2.24) is 14.7 Å². The number of aliphatic hydroxyl groups is 1. The van der Waals surface area contributed by atoms with Gasteiger partial charge in [0.25, 0.3) is 11.5 Å². The summed E-state index contributed by atoms with van der Waals surface area (Å²) >= 11 is 1.32. The summed E-state index contributed by atoms with van der Waals surface area (Å²) in [4.78, 5) is 28.5. The van der Waals surface area contributed by atoms with Crippen molar-refractivity contribution in [2.45, 2.75) is 12.5 Å². The molecule has 20 heavy (non-hydrogen) atoms. The van der Waals surface area contributed by atoms with E-state index >= 15 is 0 Å². The Kier molecular flexibility index (Phi) is 4.83. The number of hydrogen-bond acceptors (Lipinski definition) is 6. The highest BCUT2D eigenvalue weighted by atomic mass is 32.1. The number of nitrogens with zero attached hydrogens (tertiary/aromatic N) is 2. The van der Waals surface area contributed by atoms with E-state index in [0.717, 1.165) is 0 Å². The molecule has 0 bridgehead atoms. The van der Waals surface area contributed by atoms with Gasteiger partial charge in [0.1, 0.15) is 5.56 Å². The third kappa shape index (κ3) is 3.21. The fourth-order valence-corrected chi connectivity index (χ4v) is 2.38. The molecule has 1 unspecified atom stereocenters. The lowest BCUT2D eigenvalue weighted by Gasteiger charge is -2.09. The highest BCUT2D eigenvalue weighted by molar-refractivity contribution is 7.15. The predicted octanol–water partition coefficient (Wildman–Crippen LogP) is -0.117. The van der Waals surface area contributed by atoms with E-state index < -0.39 is 17.6 Å². The van der Waals surface area contributed by atoms with E-state index in [4.69, 9.17) is 4.74 Å². The minimum Gasteiger partial charge on any atom is -0.391 e. The van der Waals surface area contributed by atoms with Crippen molar-refractivity contribution in [3.8, 4) is 0 Å². The van der Waals surface area contributed by atoms with Crippen LogP contribution in [0.4, 0.5) is 0 Å². The lowest BCUT2D eigenvalue weighted by Crippen LogP contribution is -2.33. The molecule has 7 nitrogen and oxygen atoms in total. The van der Waals surface area contributed by atoms with E-state index in [9.17, 15) is 14.7 Å². The van der Waals surface area contributed by atoms with Gasteiger partial charge in [-0.05, 0) is 6.42 Å². The van der Waals surface area contributed by atoms with E-state index in [1.54, 1.807) is 11.6 Å². The number of ether oxygens (including phenoxy) is 1. The van der Waals surface area contributed by atoms with E-state index in [2.05, 4.69) is 10.3 Å². The van der Waals surface area contributed by atoms with Crippen molar-refractivity contribution in [3.63, 3.8) is 0 Å². The van der Waals surface area contributed by atoms with Gasteiger partial charge in [0.05, 0.1) is 12.7 Å². The second kappa shape index (κ2) is 6.60. The lowest BCUT2D eigenvalue weighted by atomic mass is 10.2. The Balaban J connectivity index is 2.01. The van der Waals surface area contributed by atoms with E-state index in [1.807, 2.05) is 0 Å². The highest BCUT2D eigenvalue weighted by Gasteiger charge is 2.13. The van der Waals surface area contributed by atoms with Crippen LogP contribution in [0.5, 0.6) is 0 Å². The van der Waals surface area contributed by atoms with Gasteiger partial charge in [0.15, 0.2) is 4.96 Å². The summed E-state index contributed by atoms with van der Waals surface area (Å²) in [5, 5.41) is 13.8. The second-order valence-electron chi connectivity index (χ2n) is 4.19. The summed E-state index contributed by atoms with van der Waals surface area (Å²) in [6.07, 6.45) is 2.57. The number of fused-ring (bicyclic) bond motifs is 1. The molecule has 2 aromatic heterocycles. The fourth-order valence-electron chi connectivity index (χ4n) is 1.70. The van der Waals surface area contributed by atoms with Gasteiger partial charge in [0, 0.05) is 31.4 Å². The van der Waals surface area contributed by atoms with Crippen LogP contribution in [0.2, 0.25) is 0 Å². The van der Waals surface area contributed by atoms with Crippen LogP contribution in [0.1, 0.15) is 16.8 Å². The smallest absolute Gasteiger partial charge is 0.271 e. The number of methoxy groups -OCH3 is 1. The summed E-state index contributed by atoms with van der Waals surface area (Å²) < 4.78 is 6.11. The highest BCUT2D eigenvalue weighted by Crippen LogP contribution is 2.05. The number of rotatable bonds is 6. The molecule has 0 aliphatic rings. The van der Waals surface area contributed by atoms with Crippen LogP contribution in [-0.2, 0) is 4.74 Å². The van der Waals surface area contributed by atoms with Crippen molar-refractivity contribution in [2.75, 3.05) is 20.3 Å². The molecule has 8 heteroatoms. The van der Waals surface area contributed by atoms with E-state index in [-0.39, 0.29) is 18.7 Å². The normalized spacial score (nSPS) is 12.5. The summed E-state index contributed by atoms with van der Waals surface area (Å²) in [6.45, 7) is 0.468. The summed E-state index contributed by atoms with van der Waals surface area (Å²) in [5.74, 6) is -0.493. The number of hydrogen-bond donors (Lipinski definition) is 2. The molecule has 1 amide bonds. The maximum atomic E-state index is 12.0. The Morgan fingerprint density at radius 1 is 1.65 bits per heavy atom. The third-order valence-corrected chi connectivity index (χ3v) is 3.48. The first-order valence-electron chi connectivity index (χ1n) is 6.03. The molecule has 2 aromatic rings. The maximum Gasteiger partial charge on any atom is 0.271 e. The van der Waals surface area contributed by atoms with Crippen LogP contribution in [0.15, 0.2) is 22.6 Å². The van der Waals surface area contributed by atoms with Crippen LogP contribution < -0.4 is 10.9 Å². The van der Waals surface area contributed by atoms with Crippen molar-refractivity contribution in [3.05, 3.63) is 33.7 Å². The minimum absolute atomic E-state index is 0.0119. The van der Waals surface area contributed by atoms with Crippen molar-refractivity contribution < 1.29 is 14.6 Å². The minimum atomic E-state index is -0.640. The number of carbonyl (C=O) groups excluding carboxylic acids is 1. The fraction of sp³-hybridized carbons (Fsp3) is 0.417. The Morgan fingerprint density at radius 3 is 3.20 bits per heavy atom. The predicted molar refractivity (Wildman–Crippen MR) is 74.2 cm³/mol. The standard InChI is InChI=1S/C12H15N3O4S/c1-19-7-8(16)2-3-13-10(17)9-6-14-12-15(11(9)18)4-5-20-12/h4-6,8,16H,2-3,7H2,1H3,(H,13,17). The van der Waals surface area contributed by atoms with E-state index in [1.165, 1.54) is 29.0 Å². The molecule has 0 radical (unpaired) electrons. The van der Waals surface area contributed by atoms with Crippen LogP contribution in [0.25, 0.3) is 4.96 Å². The first-order chi connectivity index (χ1) is 9.63. The topological polar surface area (TPSA) is 92.9 Å². The summed E-state index contributed by atoms with van der Waals surface area (Å²) in [6, 6.07) is 0. The number of thiazole rings is 1. The Morgan fingerprint density at radius 2 is 2.45 bits per heavy atom. The molecule has 0 aliphatic carbocycles. The van der Waals surface area contributed by atoms with Gasteiger partial charge in [-0.15, -0.1) is 11.3 Å². The monoisotopic (exact) mass is 297 g/mol.